The fourth-order valence-electron chi connectivity index (χ4n) is 2.60. The summed E-state index contributed by atoms with van der Waals surface area (Å²) in [5.41, 5.74) is 1.10. The maximum atomic E-state index is 12.4. The molecule has 0 bridgehead atoms. The van der Waals surface area contributed by atoms with Gasteiger partial charge < -0.3 is 15.1 Å². The van der Waals surface area contributed by atoms with Crippen LogP contribution in [0.3, 0.4) is 0 Å². The number of aromatic nitrogens is 2. The number of benzene rings is 1. The molecule has 0 atom stereocenters. The molecule has 0 aliphatic carbocycles. The maximum absolute atomic E-state index is 12.4. The fraction of sp³-hybridized carbons (Fsp3) is 0.353. The second-order valence-electron chi connectivity index (χ2n) is 5.68. The molecule has 0 radical (unpaired) electrons. The first kappa shape index (κ1) is 19.0. The molecule has 2 aromatic rings. The Labute approximate surface area is 166 Å². The predicted molar refractivity (Wildman–Crippen MR) is 110 cm³/mol. The minimum atomic E-state index is 0.136. The molecule has 1 saturated heterocycles. The van der Waals surface area contributed by atoms with Crippen molar-refractivity contribution in [2.75, 3.05) is 48.7 Å². The number of carbonyl (C=O) groups is 1. The summed E-state index contributed by atoms with van der Waals surface area (Å²) >= 11 is 8.94. The SMILES string of the molecule is C=CCNc1nnc(SCC(=O)N2CCN(c3cccc(Cl)c3)CC2)s1. The number of nitrogens with one attached hydrogen (secondary N) is 1. The Morgan fingerprint density at radius 1 is 1.35 bits per heavy atom. The number of carbonyl (C=O) groups excluding carboxylic acids is 1. The largest absolute Gasteiger partial charge is 0.368 e. The molecule has 9 heteroatoms. The van der Waals surface area contributed by atoms with Crippen molar-refractivity contribution in [2.45, 2.75) is 4.34 Å². The van der Waals surface area contributed by atoms with E-state index < -0.39 is 0 Å². The van der Waals surface area contributed by atoms with E-state index in [1.54, 1.807) is 6.08 Å². The van der Waals surface area contributed by atoms with Crippen LogP contribution < -0.4 is 10.2 Å². The molecule has 1 aromatic carbocycles. The summed E-state index contributed by atoms with van der Waals surface area (Å²) in [6.07, 6.45) is 1.76. The molecular weight excluding hydrogens is 390 g/mol. The highest BCUT2D eigenvalue weighted by molar-refractivity contribution is 8.01. The van der Waals surface area contributed by atoms with E-state index in [1.807, 2.05) is 29.2 Å². The van der Waals surface area contributed by atoms with Gasteiger partial charge in [0.2, 0.25) is 11.0 Å². The van der Waals surface area contributed by atoms with Crippen LogP contribution in [-0.4, -0.2) is 59.5 Å². The third kappa shape index (κ3) is 5.12. The molecule has 1 fully saturated rings. The average Bonchev–Trinajstić information content (AvgIpc) is 3.12. The Morgan fingerprint density at radius 3 is 2.88 bits per heavy atom. The summed E-state index contributed by atoms with van der Waals surface area (Å²) in [5, 5.41) is 12.7. The number of thioether (sulfide) groups is 1. The van der Waals surface area contributed by atoms with E-state index in [1.165, 1.54) is 23.1 Å². The molecule has 1 aliphatic rings. The van der Waals surface area contributed by atoms with Gasteiger partial charge in [0.15, 0.2) is 4.34 Å². The zero-order chi connectivity index (χ0) is 18.4. The standard InChI is InChI=1S/C17H20ClN5OS2/c1-2-6-19-16-20-21-17(26-16)25-12-15(24)23-9-7-22(8-10-23)14-5-3-4-13(18)11-14/h2-5,11H,1,6-10,12H2,(H,19,20). The number of anilines is 2. The van der Waals surface area contributed by atoms with Gasteiger partial charge in [0.05, 0.1) is 5.75 Å². The minimum absolute atomic E-state index is 0.136. The predicted octanol–water partition coefficient (Wildman–Crippen LogP) is 3.23. The van der Waals surface area contributed by atoms with Crippen LogP contribution in [0.1, 0.15) is 0 Å². The number of nitrogens with zero attached hydrogens (tertiary/aromatic N) is 4. The van der Waals surface area contributed by atoms with Crippen LogP contribution in [0.15, 0.2) is 41.3 Å². The normalized spacial score (nSPS) is 14.3. The first-order valence-corrected chi connectivity index (χ1v) is 10.4. The summed E-state index contributed by atoms with van der Waals surface area (Å²) in [5.74, 6) is 0.518. The third-order valence-electron chi connectivity index (χ3n) is 3.93. The lowest BCUT2D eigenvalue weighted by Gasteiger charge is -2.36. The van der Waals surface area contributed by atoms with E-state index in [2.05, 4.69) is 27.0 Å². The van der Waals surface area contributed by atoms with Crippen molar-refractivity contribution < 1.29 is 4.79 Å². The number of hydrogen-bond donors (Lipinski definition) is 1. The highest BCUT2D eigenvalue weighted by Crippen LogP contribution is 2.26. The summed E-state index contributed by atoms with van der Waals surface area (Å²) < 4.78 is 0.794. The maximum Gasteiger partial charge on any atom is 0.233 e. The van der Waals surface area contributed by atoms with Crippen molar-refractivity contribution in [2.24, 2.45) is 0 Å². The molecule has 1 aliphatic heterocycles. The molecule has 0 spiro atoms. The van der Waals surface area contributed by atoms with Gasteiger partial charge in [-0.05, 0) is 18.2 Å². The van der Waals surface area contributed by atoms with Crippen molar-refractivity contribution in [1.29, 1.82) is 0 Å². The molecule has 138 valence electrons. The first-order chi connectivity index (χ1) is 12.7. The van der Waals surface area contributed by atoms with Crippen LogP contribution in [0, 0.1) is 0 Å². The number of halogens is 1. The van der Waals surface area contributed by atoms with Gasteiger partial charge in [0.1, 0.15) is 0 Å². The van der Waals surface area contributed by atoms with Crippen LogP contribution in [0.25, 0.3) is 0 Å². The van der Waals surface area contributed by atoms with Gasteiger partial charge in [-0.15, -0.1) is 16.8 Å². The van der Waals surface area contributed by atoms with Crippen molar-refractivity contribution in [3.63, 3.8) is 0 Å². The van der Waals surface area contributed by atoms with E-state index in [0.29, 0.717) is 25.4 Å². The number of amides is 1. The lowest BCUT2D eigenvalue weighted by atomic mass is 10.2. The van der Waals surface area contributed by atoms with Gasteiger partial charge in [-0.2, -0.15) is 0 Å². The Hall–Kier alpha value is -1.77. The Morgan fingerprint density at radius 2 is 2.15 bits per heavy atom. The Balaban J connectivity index is 1.45. The lowest BCUT2D eigenvalue weighted by molar-refractivity contribution is -0.128. The zero-order valence-corrected chi connectivity index (χ0v) is 16.6. The van der Waals surface area contributed by atoms with Crippen molar-refractivity contribution in [3.05, 3.63) is 41.9 Å². The molecule has 1 N–H and O–H groups in total. The van der Waals surface area contributed by atoms with Crippen LogP contribution in [-0.2, 0) is 4.79 Å². The van der Waals surface area contributed by atoms with Crippen LogP contribution >= 0.6 is 34.7 Å². The smallest absolute Gasteiger partial charge is 0.233 e. The van der Waals surface area contributed by atoms with Crippen molar-refractivity contribution in [1.82, 2.24) is 15.1 Å². The molecule has 3 rings (SSSR count). The van der Waals surface area contributed by atoms with E-state index >= 15 is 0 Å². The topological polar surface area (TPSA) is 61.4 Å². The van der Waals surface area contributed by atoms with Gasteiger partial charge in [0, 0.05) is 43.4 Å². The lowest BCUT2D eigenvalue weighted by Crippen LogP contribution is -2.49. The van der Waals surface area contributed by atoms with Gasteiger partial charge >= 0.3 is 0 Å². The summed E-state index contributed by atoms with van der Waals surface area (Å²) in [6, 6.07) is 7.83. The second kappa shape index (κ2) is 9.25. The molecular formula is C17H20ClN5OS2. The molecule has 6 nitrogen and oxygen atoms in total. The summed E-state index contributed by atoms with van der Waals surface area (Å²) in [4.78, 5) is 16.6. The van der Waals surface area contributed by atoms with E-state index in [4.69, 9.17) is 11.6 Å². The zero-order valence-electron chi connectivity index (χ0n) is 14.2. The fourth-order valence-corrected chi connectivity index (χ4v) is 4.45. The number of hydrogen-bond acceptors (Lipinski definition) is 7. The highest BCUT2D eigenvalue weighted by atomic mass is 35.5. The van der Waals surface area contributed by atoms with Gasteiger partial charge in [-0.3, -0.25) is 4.79 Å². The van der Waals surface area contributed by atoms with Crippen molar-refractivity contribution >= 4 is 51.4 Å². The summed E-state index contributed by atoms with van der Waals surface area (Å²) in [7, 11) is 0. The molecule has 26 heavy (non-hydrogen) atoms. The van der Waals surface area contributed by atoms with Gasteiger partial charge in [0.25, 0.3) is 0 Å². The number of piperazine rings is 1. The van der Waals surface area contributed by atoms with E-state index in [-0.39, 0.29) is 5.91 Å². The van der Waals surface area contributed by atoms with Crippen molar-refractivity contribution in [3.8, 4) is 0 Å². The average molecular weight is 410 g/mol. The van der Waals surface area contributed by atoms with Gasteiger partial charge in [-0.25, -0.2) is 0 Å². The highest BCUT2D eigenvalue weighted by Gasteiger charge is 2.21. The molecule has 2 heterocycles. The second-order valence-corrected chi connectivity index (χ2v) is 8.32. The van der Waals surface area contributed by atoms with Gasteiger partial charge in [-0.1, -0.05) is 46.8 Å². The summed E-state index contributed by atoms with van der Waals surface area (Å²) in [6.45, 7) is 7.35. The van der Waals surface area contributed by atoms with Crippen LogP contribution in [0.5, 0.6) is 0 Å². The minimum Gasteiger partial charge on any atom is -0.368 e. The third-order valence-corrected chi connectivity index (χ3v) is 6.16. The molecule has 0 unspecified atom stereocenters. The van der Waals surface area contributed by atoms with Crippen LogP contribution in [0.4, 0.5) is 10.8 Å². The molecule has 1 aromatic heterocycles. The number of rotatable bonds is 7. The molecule has 0 saturated carbocycles. The quantitative estimate of drug-likeness (QED) is 0.559. The Bertz CT molecular complexity index is 761. The van der Waals surface area contributed by atoms with E-state index in [0.717, 1.165) is 33.3 Å². The van der Waals surface area contributed by atoms with E-state index in [9.17, 15) is 4.79 Å². The first-order valence-electron chi connectivity index (χ1n) is 8.25. The monoisotopic (exact) mass is 409 g/mol. The van der Waals surface area contributed by atoms with Crippen LogP contribution in [0.2, 0.25) is 5.02 Å². The Kier molecular flexibility index (Phi) is 6.76. The molecule has 1 amide bonds.